The Balaban J connectivity index is 1.56. The highest BCUT2D eigenvalue weighted by Crippen LogP contribution is 2.33. The summed E-state index contributed by atoms with van der Waals surface area (Å²) in [6.07, 6.45) is 2.45. The van der Waals surface area contributed by atoms with Crippen LogP contribution in [0.2, 0.25) is 0 Å². The maximum Gasteiger partial charge on any atom is 0.226 e. The van der Waals surface area contributed by atoms with Crippen molar-refractivity contribution in [3.8, 4) is 11.5 Å². The standard InChI is InChI=1S/C21H22N2O/c1-16-19(22-21(24-16)18-11-6-3-7-12-18)15-23-14-8-13-20(23)17-9-4-2-5-10-17/h2-7,9-12,20H,8,13-15H2,1H3. The first kappa shape index (κ1) is 15.2. The van der Waals surface area contributed by atoms with E-state index < -0.39 is 0 Å². The van der Waals surface area contributed by atoms with Crippen molar-refractivity contribution < 1.29 is 4.42 Å². The number of aromatic nitrogens is 1. The Kier molecular flexibility index (Phi) is 4.18. The number of rotatable bonds is 4. The van der Waals surface area contributed by atoms with Crippen molar-refractivity contribution in [2.45, 2.75) is 32.4 Å². The molecule has 3 heteroatoms. The fourth-order valence-corrected chi connectivity index (χ4v) is 3.54. The number of hydrogen-bond acceptors (Lipinski definition) is 3. The molecule has 0 N–H and O–H groups in total. The Hall–Kier alpha value is -2.39. The molecule has 2 aromatic carbocycles. The molecule has 1 aliphatic heterocycles. The van der Waals surface area contributed by atoms with Crippen LogP contribution in [0.15, 0.2) is 65.1 Å². The molecule has 0 spiro atoms. The number of oxazole rings is 1. The van der Waals surface area contributed by atoms with Gasteiger partial charge in [0.15, 0.2) is 0 Å². The molecule has 1 fully saturated rings. The van der Waals surface area contributed by atoms with Crippen molar-refractivity contribution in [3.05, 3.63) is 77.7 Å². The Labute approximate surface area is 143 Å². The van der Waals surface area contributed by atoms with Crippen LogP contribution in [0.5, 0.6) is 0 Å². The molecular weight excluding hydrogens is 296 g/mol. The molecule has 2 heterocycles. The predicted molar refractivity (Wildman–Crippen MR) is 95.5 cm³/mol. The molecule has 1 aliphatic rings. The van der Waals surface area contributed by atoms with Crippen LogP contribution in [-0.2, 0) is 6.54 Å². The van der Waals surface area contributed by atoms with Crippen molar-refractivity contribution in [2.24, 2.45) is 0 Å². The van der Waals surface area contributed by atoms with E-state index in [4.69, 9.17) is 9.40 Å². The Morgan fingerprint density at radius 3 is 2.50 bits per heavy atom. The maximum atomic E-state index is 5.91. The summed E-state index contributed by atoms with van der Waals surface area (Å²) in [5.74, 6) is 1.64. The van der Waals surface area contributed by atoms with Gasteiger partial charge in [-0.2, -0.15) is 0 Å². The minimum Gasteiger partial charge on any atom is -0.441 e. The number of aryl methyl sites for hydroxylation is 1. The second-order valence-corrected chi connectivity index (χ2v) is 6.43. The van der Waals surface area contributed by atoms with Crippen LogP contribution in [0.25, 0.3) is 11.5 Å². The minimum atomic E-state index is 0.488. The normalized spacial score (nSPS) is 18.1. The van der Waals surface area contributed by atoms with Gasteiger partial charge in [0.1, 0.15) is 5.76 Å². The first-order valence-electron chi connectivity index (χ1n) is 8.62. The molecule has 4 rings (SSSR count). The highest BCUT2D eigenvalue weighted by molar-refractivity contribution is 5.53. The van der Waals surface area contributed by atoms with Crippen molar-refractivity contribution >= 4 is 0 Å². The topological polar surface area (TPSA) is 29.3 Å². The average Bonchev–Trinajstić information content (AvgIpc) is 3.24. The van der Waals surface area contributed by atoms with E-state index in [9.17, 15) is 0 Å². The van der Waals surface area contributed by atoms with Crippen molar-refractivity contribution in [1.82, 2.24) is 9.88 Å². The lowest BCUT2D eigenvalue weighted by Gasteiger charge is -2.24. The molecule has 1 aromatic heterocycles. The molecule has 0 radical (unpaired) electrons. The van der Waals surface area contributed by atoms with E-state index in [-0.39, 0.29) is 0 Å². The van der Waals surface area contributed by atoms with E-state index >= 15 is 0 Å². The summed E-state index contributed by atoms with van der Waals surface area (Å²) in [4.78, 5) is 7.29. The first-order chi connectivity index (χ1) is 11.8. The molecule has 122 valence electrons. The number of benzene rings is 2. The average molecular weight is 318 g/mol. The summed E-state index contributed by atoms with van der Waals surface area (Å²) >= 11 is 0. The van der Waals surface area contributed by atoms with E-state index in [1.54, 1.807) is 0 Å². The molecule has 0 amide bonds. The fraction of sp³-hybridized carbons (Fsp3) is 0.286. The molecule has 0 aliphatic carbocycles. The Morgan fingerprint density at radius 1 is 1.04 bits per heavy atom. The fourth-order valence-electron chi connectivity index (χ4n) is 3.54. The zero-order chi connectivity index (χ0) is 16.4. The third-order valence-electron chi connectivity index (χ3n) is 4.81. The molecule has 3 nitrogen and oxygen atoms in total. The van der Waals surface area contributed by atoms with E-state index in [0.717, 1.165) is 36.0 Å². The summed E-state index contributed by atoms with van der Waals surface area (Å²) in [7, 11) is 0. The van der Waals surface area contributed by atoms with Gasteiger partial charge in [-0.05, 0) is 44.0 Å². The van der Waals surface area contributed by atoms with E-state index in [0.29, 0.717) is 6.04 Å². The lowest BCUT2D eigenvalue weighted by molar-refractivity contribution is 0.244. The van der Waals surface area contributed by atoms with Crippen LogP contribution < -0.4 is 0 Å². The summed E-state index contributed by atoms with van der Waals surface area (Å²) in [5, 5.41) is 0. The Bertz CT molecular complexity index is 795. The number of hydrogen-bond donors (Lipinski definition) is 0. The van der Waals surface area contributed by atoms with Crippen LogP contribution in [0, 0.1) is 6.92 Å². The van der Waals surface area contributed by atoms with Crippen LogP contribution in [0.3, 0.4) is 0 Å². The van der Waals surface area contributed by atoms with Gasteiger partial charge >= 0.3 is 0 Å². The SMILES string of the molecule is Cc1oc(-c2ccccc2)nc1CN1CCCC1c1ccccc1. The van der Waals surface area contributed by atoms with Crippen LogP contribution in [0.1, 0.15) is 35.9 Å². The maximum absolute atomic E-state index is 5.91. The number of likely N-dealkylation sites (tertiary alicyclic amines) is 1. The first-order valence-corrected chi connectivity index (χ1v) is 8.62. The van der Waals surface area contributed by atoms with Gasteiger partial charge in [-0.3, -0.25) is 4.90 Å². The molecule has 1 unspecified atom stereocenters. The number of nitrogens with zero attached hydrogens (tertiary/aromatic N) is 2. The van der Waals surface area contributed by atoms with Crippen molar-refractivity contribution in [2.75, 3.05) is 6.54 Å². The van der Waals surface area contributed by atoms with Gasteiger partial charge in [-0.15, -0.1) is 0 Å². The Morgan fingerprint density at radius 2 is 1.75 bits per heavy atom. The minimum absolute atomic E-state index is 0.488. The summed E-state index contributed by atoms with van der Waals surface area (Å²) in [6, 6.07) is 21.4. The highest BCUT2D eigenvalue weighted by atomic mass is 16.4. The van der Waals surface area contributed by atoms with Gasteiger partial charge in [0.05, 0.1) is 5.69 Å². The quantitative estimate of drug-likeness (QED) is 0.679. The molecule has 1 atom stereocenters. The van der Waals surface area contributed by atoms with Gasteiger partial charge in [-0.25, -0.2) is 4.98 Å². The molecule has 3 aromatic rings. The molecule has 0 saturated carbocycles. The van der Waals surface area contributed by atoms with Gasteiger partial charge in [0.25, 0.3) is 0 Å². The molecule has 24 heavy (non-hydrogen) atoms. The second-order valence-electron chi connectivity index (χ2n) is 6.43. The van der Waals surface area contributed by atoms with Gasteiger partial charge < -0.3 is 4.42 Å². The second kappa shape index (κ2) is 6.62. The van der Waals surface area contributed by atoms with E-state index in [1.807, 2.05) is 37.3 Å². The predicted octanol–water partition coefficient (Wildman–Crippen LogP) is 4.99. The molecular formula is C21H22N2O. The monoisotopic (exact) mass is 318 g/mol. The van der Waals surface area contributed by atoms with E-state index in [2.05, 4.69) is 35.2 Å². The smallest absolute Gasteiger partial charge is 0.226 e. The van der Waals surface area contributed by atoms with Gasteiger partial charge in [0.2, 0.25) is 5.89 Å². The van der Waals surface area contributed by atoms with Crippen molar-refractivity contribution in [1.29, 1.82) is 0 Å². The largest absolute Gasteiger partial charge is 0.441 e. The van der Waals surface area contributed by atoms with Crippen LogP contribution in [-0.4, -0.2) is 16.4 Å². The summed E-state index contributed by atoms with van der Waals surface area (Å²) < 4.78 is 5.91. The third kappa shape index (κ3) is 3.00. The molecule has 1 saturated heterocycles. The zero-order valence-electron chi connectivity index (χ0n) is 14.0. The van der Waals surface area contributed by atoms with Crippen LogP contribution >= 0.6 is 0 Å². The summed E-state index contributed by atoms with van der Waals surface area (Å²) in [6.45, 7) is 3.98. The van der Waals surface area contributed by atoms with Crippen molar-refractivity contribution in [3.63, 3.8) is 0 Å². The summed E-state index contributed by atoms with van der Waals surface area (Å²) in [5.41, 5.74) is 3.49. The highest BCUT2D eigenvalue weighted by Gasteiger charge is 2.27. The molecule has 0 bridgehead atoms. The van der Waals surface area contributed by atoms with Gasteiger partial charge in [0, 0.05) is 18.2 Å². The lowest BCUT2D eigenvalue weighted by atomic mass is 10.0. The third-order valence-corrected chi connectivity index (χ3v) is 4.81. The van der Waals surface area contributed by atoms with Crippen LogP contribution in [0.4, 0.5) is 0 Å². The van der Waals surface area contributed by atoms with E-state index in [1.165, 1.54) is 18.4 Å². The zero-order valence-corrected chi connectivity index (χ0v) is 14.0. The lowest BCUT2D eigenvalue weighted by Crippen LogP contribution is -2.23. The van der Waals surface area contributed by atoms with Gasteiger partial charge in [-0.1, -0.05) is 48.5 Å².